The van der Waals surface area contributed by atoms with Crippen LogP contribution in [0, 0.1) is 0 Å². The summed E-state index contributed by atoms with van der Waals surface area (Å²) in [7, 11) is 1.60. The van der Waals surface area contributed by atoms with Crippen LogP contribution < -0.4 is 15.2 Å². The van der Waals surface area contributed by atoms with Gasteiger partial charge in [-0.2, -0.15) is 0 Å². The molecule has 0 N–H and O–H groups in total. The van der Waals surface area contributed by atoms with Crippen molar-refractivity contribution in [1.82, 2.24) is 0 Å². The highest BCUT2D eigenvalue weighted by Gasteiger charge is 2.07. The number of hydrogen-bond donors (Lipinski definition) is 0. The van der Waals surface area contributed by atoms with Crippen molar-refractivity contribution in [2.24, 2.45) is 4.99 Å². The highest BCUT2D eigenvalue weighted by molar-refractivity contribution is 5.86. The molecule has 1 heterocycles. The monoisotopic (exact) mass is 370 g/mol. The smallest absolute Gasteiger partial charge is 0.137 e. The van der Waals surface area contributed by atoms with E-state index in [1.165, 1.54) is 12.1 Å². The molecule has 4 rings (SSSR count). The van der Waals surface area contributed by atoms with Crippen molar-refractivity contribution in [3.8, 4) is 17.1 Å². The lowest BCUT2D eigenvalue weighted by molar-refractivity contribution is -0.255. The van der Waals surface area contributed by atoms with Gasteiger partial charge in [-0.15, -0.1) is 0 Å². The van der Waals surface area contributed by atoms with Crippen molar-refractivity contribution in [2.75, 3.05) is 7.11 Å². The molecule has 138 valence electrons. The Kier molecular flexibility index (Phi) is 4.64. The number of aromatic carboxylic acids is 1. The SMILES string of the molecule is COc1ccc2oc(-c3ccccc3)cc(=Nc3ccc(C(=O)[O-])cc3)c2c1. The fraction of sp³-hybridized carbons (Fsp3) is 0.0435. The summed E-state index contributed by atoms with van der Waals surface area (Å²) in [6.45, 7) is 0. The fourth-order valence-electron chi connectivity index (χ4n) is 2.92. The summed E-state index contributed by atoms with van der Waals surface area (Å²) in [5, 5.41) is 12.4. The minimum absolute atomic E-state index is 0.110. The van der Waals surface area contributed by atoms with Crippen LogP contribution in [0.15, 0.2) is 88.3 Å². The molecule has 0 saturated carbocycles. The van der Waals surface area contributed by atoms with Crippen LogP contribution in [0.25, 0.3) is 22.3 Å². The lowest BCUT2D eigenvalue weighted by Gasteiger charge is -2.07. The molecule has 0 amide bonds. The van der Waals surface area contributed by atoms with E-state index in [1.54, 1.807) is 19.2 Å². The Hall–Kier alpha value is -3.86. The van der Waals surface area contributed by atoms with E-state index in [-0.39, 0.29) is 5.56 Å². The Labute approximate surface area is 161 Å². The van der Waals surface area contributed by atoms with Crippen molar-refractivity contribution >= 4 is 22.6 Å². The number of fused-ring (bicyclic) bond motifs is 1. The maximum atomic E-state index is 10.9. The molecular formula is C23H16NO4-. The highest BCUT2D eigenvalue weighted by atomic mass is 16.5. The second kappa shape index (κ2) is 7.40. The van der Waals surface area contributed by atoms with Gasteiger partial charge in [0.15, 0.2) is 0 Å². The number of rotatable bonds is 4. The van der Waals surface area contributed by atoms with E-state index in [2.05, 4.69) is 0 Å². The normalized spacial score (nSPS) is 11.5. The molecule has 28 heavy (non-hydrogen) atoms. The van der Waals surface area contributed by atoms with Crippen LogP contribution in [0.4, 0.5) is 5.69 Å². The summed E-state index contributed by atoms with van der Waals surface area (Å²) < 4.78 is 11.4. The molecule has 4 aromatic rings. The van der Waals surface area contributed by atoms with Gasteiger partial charge in [0, 0.05) is 17.0 Å². The molecule has 0 fully saturated rings. The summed E-state index contributed by atoms with van der Waals surface area (Å²) >= 11 is 0. The zero-order valence-corrected chi connectivity index (χ0v) is 15.1. The fourth-order valence-corrected chi connectivity index (χ4v) is 2.92. The number of hydrogen-bond acceptors (Lipinski definition) is 5. The molecule has 0 bridgehead atoms. The standard InChI is InChI=1S/C23H17NO4/c1-27-18-11-12-21-19(13-18)20(14-22(28-21)15-5-3-2-4-6-15)24-17-9-7-16(8-10-17)23(25)26/h2-14H,1H3,(H,25,26)/p-1. The first-order valence-electron chi connectivity index (χ1n) is 8.67. The summed E-state index contributed by atoms with van der Waals surface area (Å²) in [6, 6.07) is 23.4. The van der Waals surface area contributed by atoms with Crippen LogP contribution in [0.5, 0.6) is 5.75 Å². The summed E-state index contributed by atoms with van der Waals surface area (Å²) in [5.74, 6) is 0.161. The molecule has 0 aliphatic rings. The van der Waals surface area contributed by atoms with Crippen LogP contribution in [0.3, 0.4) is 0 Å². The Bertz CT molecular complexity index is 1210. The second-order valence-electron chi connectivity index (χ2n) is 6.17. The molecule has 0 aliphatic carbocycles. The third-order valence-corrected chi connectivity index (χ3v) is 4.36. The van der Waals surface area contributed by atoms with E-state index in [0.717, 1.165) is 10.9 Å². The van der Waals surface area contributed by atoms with Crippen LogP contribution in [-0.2, 0) is 0 Å². The topological polar surface area (TPSA) is 74.9 Å². The highest BCUT2D eigenvalue weighted by Crippen LogP contribution is 2.25. The average Bonchev–Trinajstić information content (AvgIpc) is 2.74. The van der Waals surface area contributed by atoms with Gasteiger partial charge in [-0.1, -0.05) is 42.5 Å². The number of ether oxygens (including phenoxy) is 1. The van der Waals surface area contributed by atoms with Crippen molar-refractivity contribution in [1.29, 1.82) is 0 Å². The Morgan fingerprint density at radius 2 is 1.71 bits per heavy atom. The summed E-state index contributed by atoms with van der Waals surface area (Å²) in [6.07, 6.45) is 0. The van der Waals surface area contributed by atoms with Gasteiger partial charge >= 0.3 is 0 Å². The first-order chi connectivity index (χ1) is 13.6. The molecule has 0 atom stereocenters. The van der Waals surface area contributed by atoms with E-state index in [9.17, 15) is 9.90 Å². The van der Waals surface area contributed by atoms with E-state index in [0.29, 0.717) is 28.1 Å². The molecular weight excluding hydrogens is 354 g/mol. The molecule has 3 aromatic carbocycles. The van der Waals surface area contributed by atoms with Crippen LogP contribution in [-0.4, -0.2) is 13.1 Å². The quantitative estimate of drug-likeness (QED) is 0.549. The first kappa shape index (κ1) is 17.5. The summed E-state index contributed by atoms with van der Waals surface area (Å²) in [5.41, 5.74) is 2.34. The molecule has 0 saturated heterocycles. The number of benzene rings is 3. The van der Waals surface area contributed by atoms with Gasteiger partial charge in [0.05, 0.1) is 24.1 Å². The van der Waals surface area contributed by atoms with Crippen molar-refractivity contribution < 1.29 is 19.1 Å². The third kappa shape index (κ3) is 3.50. The number of carbonyl (C=O) groups excluding carboxylic acids is 1. The van der Waals surface area contributed by atoms with Gasteiger partial charge in [0.2, 0.25) is 0 Å². The van der Waals surface area contributed by atoms with Gasteiger partial charge in [-0.25, -0.2) is 4.99 Å². The molecule has 0 spiro atoms. The largest absolute Gasteiger partial charge is 0.545 e. The van der Waals surface area contributed by atoms with Gasteiger partial charge in [0.1, 0.15) is 17.1 Å². The van der Waals surface area contributed by atoms with Crippen LogP contribution in [0.2, 0.25) is 0 Å². The zero-order valence-electron chi connectivity index (χ0n) is 15.1. The Morgan fingerprint density at radius 3 is 2.39 bits per heavy atom. The van der Waals surface area contributed by atoms with Crippen molar-refractivity contribution in [2.45, 2.75) is 0 Å². The molecule has 5 heteroatoms. The maximum Gasteiger partial charge on any atom is 0.137 e. The number of carboxylic acid groups (broad SMARTS) is 1. The Balaban J connectivity index is 1.94. The van der Waals surface area contributed by atoms with E-state index < -0.39 is 5.97 Å². The molecule has 0 aliphatic heterocycles. The number of carboxylic acids is 1. The summed E-state index contributed by atoms with van der Waals surface area (Å²) in [4.78, 5) is 15.7. The van der Waals surface area contributed by atoms with Gasteiger partial charge in [-0.3, -0.25) is 0 Å². The van der Waals surface area contributed by atoms with Crippen LogP contribution in [0.1, 0.15) is 10.4 Å². The van der Waals surface area contributed by atoms with E-state index >= 15 is 0 Å². The van der Waals surface area contributed by atoms with Gasteiger partial charge in [0.25, 0.3) is 0 Å². The van der Waals surface area contributed by atoms with E-state index in [1.807, 2.05) is 54.6 Å². The Morgan fingerprint density at radius 1 is 0.964 bits per heavy atom. The first-order valence-corrected chi connectivity index (χ1v) is 8.67. The average molecular weight is 370 g/mol. The lowest BCUT2D eigenvalue weighted by Crippen LogP contribution is -2.21. The van der Waals surface area contributed by atoms with Crippen molar-refractivity contribution in [3.63, 3.8) is 0 Å². The van der Waals surface area contributed by atoms with Crippen molar-refractivity contribution in [3.05, 3.63) is 89.8 Å². The lowest BCUT2D eigenvalue weighted by atomic mass is 10.1. The number of nitrogens with zero attached hydrogens (tertiary/aromatic N) is 1. The predicted molar refractivity (Wildman–Crippen MR) is 104 cm³/mol. The zero-order chi connectivity index (χ0) is 19.5. The third-order valence-electron chi connectivity index (χ3n) is 4.36. The molecule has 0 radical (unpaired) electrons. The van der Waals surface area contributed by atoms with Gasteiger partial charge < -0.3 is 19.1 Å². The molecule has 1 aromatic heterocycles. The predicted octanol–water partition coefficient (Wildman–Crippen LogP) is 3.70. The molecule has 5 nitrogen and oxygen atoms in total. The van der Waals surface area contributed by atoms with Crippen LogP contribution >= 0.6 is 0 Å². The van der Waals surface area contributed by atoms with Gasteiger partial charge in [-0.05, 0) is 35.9 Å². The second-order valence-corrected chi connectivity index (χ2v) is 6.17. The minimum atomic E-state index is -1.22. The number of methoxy groups -OCH3 is 1. The number of carbonyl (C=O) groups is 1. The molecule has 0 unspecified atom stereocenters. The van der Waals surface area contributed by atoms with E-state index in [4.69, 9.17) is 14.1 Å². The maximum absolute atomic E-state index is 10.9. The minimum Gasteiger partial charge on any atom is -0.545 e.